The molecule has 0 fully saturated rings. The summed E-state index contributed by atoms with van der Waals surface area (Å²) >= 11 is 31.1. The van der Waals surface area contributed by atoms with Crippen molar-refractivity contribution < 1.29 is 19.7 Å². The summed E-state index contributed by atoms with van der Waals surface area (Å²) in [6.07, 6.45) is 0. The molecule has 0 spiro atoms. The molecule has 13 heteroatoms. The summed E-state index contributed by atoms with van der Waals surface area (Å²) in [6, 6.07) is 15.8. The van der Waals surface area contributed by atoms with Gasteiger partial charge in [-0.1, -0.05) is 158 Å². The molecule has 0 saturated heterocycles. The maximum atomic E-state index is 8.87. The number of alkyl halides is 8. The second-order valence-electron chi connectivity index (χ2n) is 9.96. The molecule has 0 aliphatic rings. The van der Waals surface area contributed by atoms with Crippen molar-refractivity contribution in [3.8, 4) is 11.5 Å². The fourth-order valence-electron chi connectivity index (χ4n) is 1.99. The molecular weight excluding hydrogens is 1120 g/mol. The zero-order valence-corrected chi connectivity index (χ0v) is 37.7. The number of phenols is 2. The van der Waals surface area contributed by atoms with Crippen LogP contribution in [0.25, 0.3) is 0 Å². The number of hydrogen-bond donors (Lipinski definition) is 2. The number of rotatable bonds is 12. The van der Waals surface area contributed by atoms with Crippen LogP contribution in [0.2, 0.25) is 0 Å². The Morgan fingerprint density at radius 1 is 0.537 bits per heavy atom. The average Bonchev–Trinajstić information content (AvgIpc) is 2.91. The van der Waals surface area contributed by atoms with E-state index in [0.717, 1.165) is 25.8 Å². The highest BCUT2D eigenvalue weighted by atomic mass is 79.9. The topological polar surface area (TPSA) is 58.9 Å². The van der Waals surface area contributed by atoms with Crippen molar-refractivity contribution in [2.24, 2.45) is 0 Å². The van der Waals surface area contributed by atoms with Gasteiger partial charge in [0.2, 0.25) is 0 Å². The minimum Gasteiger partial charge on any atom is -0.508 e. The van der Waals surface area contributed by atoms with Gasteiger partial charge < -0.3 is 19.7 Å². The van der Waals surface area contributed by atoms with Crippen LogP contribution in [0.3, 0.4) is 0 Å². The van der Waals surface area contributed by atoms with Gasteiger partial charge >= 0.3 is 0 Å². The Bertz CT molecular complexity index is 827. The van der Waals surface area contributed by atoms with E-state index >= 15 is 0 Å². The van der Waals surface area contributed by atoms with Gasteiger partial charge in [0.05, 0.1) is 48.2 Å². The normalized spacial score (nSPS) is 16.4. The van der Waals surface area contributed by atoms with E-state index in [9.17, 15) is 0 Å². The molecule has 0 bridgehead atoms. The first kappa shape index (κ1) is 45.4. The molecule has 0 aromatic heterocycles. The second kappa shape index (κ2) is 24.5. The van der Waals surface area contributed by atoms with Gasteiger partial charge in [0, 0.05) is 21.3 Å². The summed E-state index contributed by atoms with van der Waals surface area (Å²) in [5.41, 5.74) is 0. The third-order valence-electron chi connectivity index (χ3n) is 4.34. The third kappa shape index (κ3) is 28.2. The lowest BCUT2D eigenvalue weighted by atomic mass is 10.2. The summed E-state index contributed by atoms with van der Waals surface area (Å²) in [6.45, 7) is 11.2. The first-order chi connectivity index (χ1) is 18.9. The Morgan fingerprint density at radius 3 is 1.02 bits per heavy atom. The quantitative estimate of drug-likeness (QED) is 0.208. The zero-order valence-electron chi connectivity index (χ0n) is 23.5. The minimum atomic E-state index is 0.0302. The van der Waals surface area contributed by atoms with E-state index in [4.69, 9.17) is 19.7 Å². The number of para-hydroxylation sites is 2. The predicted molar refractivity (Wildman–Crippen MR) is 210 cm³/mol. The van der Waals surface area contributed by atoms with Crippen LogP contribution < -0.4 is 0 Å². The summed E-state index contributed by atoms with van der Waals surface area (Å²) in [5, 5.41) is 21.0. The van der Waals surface area contributed by atoms with Crippen LogP contribution >= 0.6 is 143 Å². The molecule has 2 unspecified atom stereocenters. The van der Waals surface area contributed by atoms with E-state index in [2.05, 4.69) is 171 Å². The number of phenolic OH excluding ortho intramolecular Hbond substituents is 2. The average molecular weight is 1160 g/mol. The number of ether oxygens (including phenoxy) is 2. The molecule has 41 heavy (non-hydrogen) atoms. The molecule has 0 aliphatic carbocycles. The molecule has 0 aliphatic heterocycles. The van der Waals surface area contributed by atoms with Crippen molar-refractivity contribution in [3.63, 3.8) is 0 Å². The first-order valence-corrected chi connectivity index (χ1v) is 20.6. The largest absolute Gasteiger partial charge is 0.508 e. The SMILES string of the molecule is CC(Br)(CBr)COC[C@](C)(Br)CBr.CC(Br)(CBr)COC[C@](C)(Br)CBr.Oc1ccccc1.Oc1ccccc1Br. The second-order valence-corrected chi connectivity index (χ2v) is 20.7. The number of aromatic hydroxyl groups is 2. The monoisotopic (exact) mass is 1150 g/mol. The Morgan fingerprint density at radius 2 is 0.829 bits per heavy atom. The summed E-state index contributed by atoms with van der Waals surface area (Å²) < 4.78 is 12.0. The maximum absolute atomic E-state index is 8.87. The van der Waals surface area contributed by atoms with Crippen LogP contribution in [0.5, 0.6) is 11.5 Å². The lowest BCUT2D eigenvalue weighted by Gasteiger charge is -2.24. The van der Waals surface area contributed by atoms with Gasteiger partial charge in [-0.3, -0.25) is 0 Å². The van der Waals surface area contributed by atoms with E-state index in [1.165, 1.54) is 0 Å². The van der Waals surface area contributed by atoms with E-state index < -0.39 is 0 Å². The first-order valence-electron chi connectivity index (χ1n) is 12.2. The van der Waals surface area contributed by atoms with E-state index in [-0.39, 0.29) is 23.0 Å². The molecule has 2 aromatic rings. The summed E-state index contributed by atoms with van der Waals surface area (Å²) in [5.74, 6) is 0.606. The predicted octanol–water partition coefficient (Wildman–Crippen LogP) is 11.7. The lowest BCUT2D eigenvalue weighted by Crippen LogP contribution is -2.31. The number of hydrogen-bond acceptors (Lipinski definition) is 4. The Hall–Kier alpha value is 2.28. The molecule has 0 saturated carbocycles. The Labute approximate surface area is 322 Å². The van der Waals surface area contributed by atoms with Crippen LogP contribution in [-0.4, -0.2) is 75.3 Å². The highest BCUT2D eigenvalue weighted by molar-refractivity contribution is 9.13. The van der Waals surface area contributed by atoms with Crippen molar-refractivity contribution in [2.45, 2.75) is 45.0 Å². The fraction of sp³-hybridized carbons (Fsp3) is 0.571. The molecule has 0 radical (unpaired) electrons. The smallest absolute Gasteiger partial charge is 0.129 e. The molecule has 238 valence electrons. The van der Waals surface area contributed by atoms with Crippen molar-refractivity contribution in [3.05, 3.63) is 59.1 Å². The van der Waals surface area contributed by atoms with Crippen LogP contribution in [0.1, 0.15) is 27.7 Å². The van der Waals surface area contributed by atoms with Crippen molar-refractivity contribution in [1.29, 1.82) is 0 Å². The highest BCUT2D eigenvalue weighted by Crippen LogP contribution is 2.25. The fourth-order valence-corrected chi connectivity index (χ4v) is 3.57. The van der Waals surface area contributed by atoms with Crippen LogP contribution in [0.15, 0.2) is 59.1 Å². The summed E-state index contributed by atoms with van der Waals surface area (Å²) in [4.78, 5) is 0. The lowest BCUT2D eigenvalue weighted by molar-refractivity contribution is 0.111. The molecule has 2 aromatic carbocycles. The van der Waals surface area contributed by atoms with Crippen LogP contribution in [0, 0.1) is 0 Å². The Kier molecular flexibility index (Phi) is 27.1. The van der Waals surface area contributed by atoms with Crippen molar-refractivity contribution >= 4 is 143 Å². The minimum absolute atomic E-state index is 0.0302. The van der Waals surface area contributed by atoms with E-state index in [1.807, 2.05) is 12.1 Å². The molecule has 4 atom stereocenters. The molecule has 0 heterocycles. The molecule has 4 nitrogen and oxygen atoms in total. The number of benzene rings is 2. The molecule has 2 rings (SSSR count). The van der Waals surface area contributed by atoms with E-state index in [0.29, 0.717) is 32.2 Å². The van der Waals surface area contributed by atoms with Gasteiger partial charge in [0.1, 0.15) is 11.5 Å². The number of halogens is 9. The van der Waals surface area contributed by atoms with E-state index in [1.54, 1.807) is 42.5 Å². The van der Waals surface area contributed by atoms with Gasteiger partial charge in [-0.25, -0.2) is 0 Å². The van der Waals surface area contributed by atoms with Crippen LogP contribution in [0.4, 0.5) is 0 Å². The molecule has 0 amide bonds. The van der Waals surface area contributed by atoms with Gasteiger partial charge in [0.15, 0.2) is 0 Å². The van der Waals surface area contributed by atoms with Gasteiger partial charge in [-0.05, 0) is 67.9 Å². The molecular formula is C28H39Br9O4. The zero-order chi connectivity index (χ0) is 32.2. The van der Waals surface area contributed by atoms with Gasteiger partial charge in [-0.2, -0.15) is 0 Å². The standard InChI is InChI=1S/2C8H14Br4O.C6H5BrO.C6H6O/c2*1-7(11,3-9)5-13-6-8(2,12)4-10;7-5-3-1-2-4-6(5)8;7-6-4-2-1-3-5-6/h2*3-6H2,1-2H3;1-4,8H;1-5,7H/t2*7-,8?;;/m11../s1. The van der Waals surface area contributed by atoms with Crippen molar-refractivity contribution in [2.75, 3.05) is 47.7 Å². The maximum Gasteiger partial charge on any atom is 0.129 e. The third-order valence-corrected chi connectivity index (χ3v) is 15.0. The highest BCUT2D eigenvalue weighted by Gasteiger charge is 2.24. The summed E-state index contributed by atoms with van der Waals surface area (Å²) in [7, 11) is 0. The van der Waals surface area contributed by atoms with Crippen LogP contribution in [-0.2, 0) is 9.47 Å². The van der Waals surface area contributed by atoms with Crippen molar-refractivity contribution in [1.82, 2.24) is 0 Å². The van der Waals surface area contributed by atoms with Gasteiger partial charge in [-0.15, -0.1) is 0 Å². The Balaban J connectivity index is 0. The molecule has 2 N–H and O–H groups in total. The van der Waals surface area contributed by atoms with Gasteiger partial charge in [0.25, 0.3) is 0 Å².